The minimum atomic E-state index is -0.422. The fraction of sp³-hybridized carbons (Fsp3) is 0.600. The number of nitrogens with two attached hydrogens (primary N) is 1. The zero-order valence-corrected chi connectivity index (χ0v) is 12.4. The Labute approximate surface area is 115 Å². The number of thioether (sulfide) groups is 1. The first-order chi connectivity index (χ1) is 8.54. The fourth-order valence-corrected chi connectivity index (χ4v) is 2.59. The van der Waals surface area contributed by atoms with Gasteiger partial charge in [-0.1, -0.05) is 26.0 Å². The van der Waals surface area contributed by atoms with Gasteiger partial charge >= 0.3 is 0 Å². The molecule has 0 spiro atoms. The summed E-state index contributed by atoms with van der Waals surface area (Å²) in [6.45, 7) is 6.18. The Morgan fingerprint density at radius 3 is 2.33 bits per heavy atom. The predicted octanol–water partition coefficient (Wildman–Crippen LogP) is 3.39. The summed E-state index contributed by atoms with van der Waals surface area (Å²) in [6.07, 6.45) is 1.50. The molecule has 3 atom stereocenters. The third kappa shape index (κ3) is 5.01. The van der Waals surface area contributed by atoms with Gasteiger partial charge in [0.25, 0.3) is 0 Å². The number of benzene rings is 1. The lowest BCUT2D eigenvalue weighted by atomic mass is 9.93. The molecule has 3 heteroatoms. The summed E-state index contributed by atoms with van der Waals surface area (Å²) in [5, 5.41) is 9.80. The third-order valence-corrected chi connectivity index (χ3v) is 4.34. The first-order valence-corrected chi connectivity index (χ1v) is 7.69. The summed E-state index contributed by atoms with van der Waals surface area (Å²) in [6, 6.07) is 8.51. The number of aliphatic hydroxyl groups excluding tert-OH is 1. The maximum absolute atomic E-state index is 9.80. The van der Waals surface area contributed by atoms with Gasteiger partial charge in [-0.2, -0.15) is 0 Å². The molecule has 3 N–H and O–H groups in total. The van der Waals surface area contributed by atoms with Crippen LogP contribution in [-0.4, -0.2) is 23.0 Å². The molecule has 0 bridgehead atoms. The molecule has 0 fully saturated rings. The van der Waals surface area contributed by atoms with Gasteiger partial charge in [0.1, 0.15) is 0 Å². The molecule has 0 amide bonds. The van der Waals surface area contributed by atoms with Crippen LogP contribution in [0.25, 0.3) is 0 Å². The molecule has 0 saturated heterocycles. The summed E-state index contributed by atoms with van der Waals surface area (Å²) >= 11 is 1.89. The van der Waals surface area contributed by atoms with Crippen LogP contribution >= 0.6 is 11.8 Å². The SMILES string of the molecule is CCCSc1ccc(C(C)CC(O)C(C)N)cc1. The van der Waals surface area contributed by atoms with E-state index >= 15 is 0 Å². The summed E-state index contributed by atoms with van der Waals surface area (Å²) in [7, 11) is 0. The molecule has 2 nitrogen and oxygen atoms in total. The predicted molar refractivity (Wildman–Crippen MR) is 80.1 cm³/mol. The highest BCUT2D eigenvalue weighted by Gasteiger charge is 2.15. The molecular formula is C15H25NOS. The molecule has 0 aliphatic rings. The second kappa shape index (κ2) is 7.82. The quantitative estimate of drug-likeness (QED) is 0.744. The Kier molecular flexibility index (Phi) is 6.76. The molecule has 1 aromatic carbocycles. The van der Waals surface area contributed by atoms with Crippen LogP contribution in [0.1, 0.15) is 45.1 Å². The number of aliphatic hydroxyl groups is 1. The van der Waals surface area contributed by atoms with Gasteiger partial charge in [0.2, 0.25) is 0 Å². The number of rotatable bonds is 7. The van der Waals surface area contributed by atoms with E-state index in [1.165, 1.54) is 16.9 Å². The van der Waals surface area contributed by atoms with Crippen molar-refractivity contribution in [2.75, 3.05) is 5.75 Å². The Morgan fingerprint density at radius 2 is 1.83 bits per heavy atom. The summed E-state index contributed by atoms with van der Waals surface area (Å²) in [4.78, 5) is 1.32. The highest BCUT2D eigenvalue weighted by Crippen LogP contribution is 2.25. The average molecular weight is 267 g/mol. The van der Waals surface area contributed by atoms with Crippen molar-refractivity contribution in [3.63, 3.8) is 0 Å². The second-order valence-corrected chi connectivity index (χ2v) is 6.15. The summed E-state index contributed by atoms with van der Waals surface area (Å²) in [5.41, 5.74) is 6.96. The molecular weight excluding hydrogens is 242 g/mol. The van der Waals surface area contributed by atoms with Crippen molar-refractivity contribution >= 4 is 11.8 Å². The van der Waals surface area contributed by atoms with Crippen molar-refractivity contribution in [1.29, 1.82) is 0 Å². The molecule has 102 valence electrons. The van der Waals surface area contributed by atoms with E-state index in [1.807, 2.05) is 18.7 Å². The van der Waals surface area contributed by atoms with E-state index in [1.54, 1.807) is 0 Å². The first kappa shape index (κ1) is 15.5. The topological polar surface area (TPSA) is 46.2 Å². The molecule has 18 heavy (non-hydrogen) atoms. The minimum absolute atomic E-state index is 0.160. The molecule has 1 rings (SSSR count). The van der Waals surface area contributed by atoms with Crippen molar-refractivity contribution in [2.45, 2.75) is 56.6 Å². The van der Waals surface area contributed by atoms with Gasteiger partial charge in [-0.25, -0.2) is 0 Å². The summed E-state index contributed by atoms with van der Waals surface area (Å²) in [5.74, 6) is 1.51. The Hall–Kier alpha value is -0.510. The van der Waals surface area contributed by atoms with E-state index in [-0.39, 0.29) is 6.04 Å². The van der Waals surface area contributed by atoms with Crippen LogP contribution in [0.4, 0.5) is 0 Å². The monoisotopic (exact) mass is 267 g/mol. The van der Waals surface area contributed by atoms with Gasteiger partial charge in [-0.05, 0) is 49.1 Å². The Bertz CT molecular complexity index is 337. The van der Waals surface area contributed by atoms with Crippen LogP contribution in [0.15, 0.2) is 29.2 Å². The van der Waals surface area contributed by atoms with Gasteiger partial charge in [0.05, 0.1) is 6.10 Å². The zero-order valence-electron chi connectivity index (χ0n) is 11.6. The van der Waals surface area contributed by atoms with E-state index in [0.717, 1.165) is 12.2 Å². The van der Waals surface area contributed by atoms with Crippen LogP contribution in [-0.2, 0) is 0 Å². The standard InChI is InChI=1S/C15H25NOS/c1-4-9-18-14-7-5-13(6-8-14)11(2)10-15(17)12(3)16/h5-8,11-12,15,17H,4,9-10,16H2,1-3H3. The van der Waals surface area contributed by atoms with Crippen molar-refractivity contribution in [3.05, 3.63) is 29.8 Å². The summed E-state index contributed by atoms with van der Waals surface area (Å²) < 4.78 is 0. The van der Waals surface area contributed by atoms with Crippen molar-refractivity contribution in [3.8, 4) is 0 Å². The molecule has 3 unspecified atom stereocenters. The van der Waals surface area contributed by atoms with E-state index in [4.69, 9.17) is 5.73 Å². The van der Waals surface area contributed by atoms with Crippen molar-refractivity contribution in [2.24, 2.45) is 5.73 Å². The lowest BCUT2D eigenvalue weighted by Gasteiger charge is -2.19. The van der Waals surface area contributed by atoms with Crippen LogP contribution in [0.3, 0.4) is 0 Å². The molecule has 0 aromatic heterocycles. The smallest absolute Gasteiger partial charge is 0.0694 e. The van der Waals surface area contributed by atoms with Crippen LogP contribution < -0.4 is 5.73 Å². The highest BCUT2D eigenvalue weighted by atomic mass is 32.2. The van der Waals surface area contributed by atoms with Gasteiger partial charge < -0.3 is 10.8 Å². The van der Waals surface area contributed by atoms with Gasteiger partial charge in [-0.15, -0.1) is 11.8 Å². The van der Waals surface area contributed by atoms with Crippen LogP contribution in [0.2, 0.25) is 0 Å². The van der Waals surface area contributed by atoms with Crippen molar-refractivity contribution < 1.29 is 5.11 Å². The molecule has 0 radical (unpaired) electrons. The Morgan fingerprint density at radius 1 is 1.22 bits per heavy atom. The fourth-order valence-electron chi connectivity index (χ4n) is 1.83. The third-order valence-electron chi connectivity index (χ3n) is 3.12. The normalized spacial score (nSPS) is 16.3. The van der Waals surface area contributed by atoms with E-state index in [0.29, 0.717) is 5.92 Å². The molecule has 0 heterocycles. The van der Waals surface area contributed by atoms with Crippen LogP contribution in [0.5, 0.6) is 0 Å². The number of hydrogen-bond donors (Lipinski definition) is 2. The second-order valence-electron chi connectivity index (χ2n) is 4.98. The molecule has 0 saturated carbocycles. The maximum Gasteiger partial charge on any atom is 0.0694 e. The molecule has 0 aliphatic heterocycles. The highest BCUT2D eigenvalue weighted by molar-refractivity contribution is 7.99. The van der Waals surface area contributed by atoms with Gasteiger partial charge in [0.15, 0.2) is 0 Å². The lowest BCUT2D eigenvalue weighted by molar-refractivity contribution is 0.134. The first-order valence-electron chi connectivity index (χ1n) is 6.71. The van der Waals surface area contributed by atoms with Crippen LogP contribution in [0, 0.1) is 0 Å². The minimum Gasteiger partial charge on any atom is -0.392 e. The van der Waals surface area contributed by atoms with E-state index in [9.17, 15) is 5.11 Å². The average Bonchev–Trinajstić information content (AvgIpc) is 2.36. The molecule has 1 aromatic rings. The van der Waals surface area contributed by atoms with E-state index in [2.05, 4.69) is 38.1 Å². The largest absolute Gasteiger partial charge is 0.392 e. The van der Waals surface area contributed by atoms with Crippen molar-refractivity contribution in [1.82, 2.24) is 0 Å². The molecule has 0 aliphatic carbocycles. The van der Waals surface area contributed by atoms with Gasteiger partial charge in [0, 0.05) is 10.9 Å². The Balaban J connectivity index is 2.55. The maximum atomic E-state index is 9.80. The lowest BCUT2D eigenvalue weighted by Crippen LogP contribution is -2.32. The zero-order chi connectivity index (χ0) is 13.5. The number of hydrogen-bond acceptors (Lipinski definition) is 3. The van der Waals surface area contributed by atoms with Gasteiger partial charge in [-0.3, -0.25) is 0 Å². The van der Waals surface area contributed by atoms with E-state index < -0.39 is 6.10 Å².